The maximum absolute atomic E-state index is 12.3. The van der Waals surface area contributed by atoms with Crippen molar-refractivity contribution in [3.63, 3.8) is 0 Å². The first kappa shape index (κ1) is 21.4. The van der Waals surface area contributed by atoms with Crippen molar-refractivity contribution in [2.24, 2.45) is 5.10 Å². The molecule has 0 saturated heterocycles. The zero-order valence-electron chi connectivity index (χ0n) is 16.1. The van der Waals surface area contributed by atoms with E-state index >= 15 is 0 Å². The Balaban J connectivity index is 1.57. The third kappa shape index (κ3) is 5.84. The van der Waals surface area contributed by atoms with Crippen molar-refractivity contribution in [1.29, 1.82) is 0 Å². The summed E-state index contributed by atoms with van der Waals surface area (Å²) in [6, 6.07) is 14.2. The summed E-state index contributed by atoms with van der Waals surface area (Å²) in [5.41, 5.74) is 4.85. The molecule has 0 radical (unpaired) electrons. The molecule has 0 aliphatic carbocycles. The number of urea groups is 1. The number of nitrogens with zero attached hydrogens (tertiary/aromatic N) is 4. The van der Waals surface area contributed by atoms with Gasteiger partial charge in [-0.15, -0.1) is 5.10 Å². The SMILES string of the molecule is CN(C)c1ccc(/C=N\NC(=O)c2nnsc2NC(=O)Nc2ccc(Br)cc2)cc1. The van der Waals surface area contributed by atoms with Crippen molar-refractivity contribution >= 4 is 62.0 Å². The van der Waals surface area contributed by atoms with Crippen LogP contribution in [0, 0.1) is 0 Å². The van der Waals surface area contributed by atoms with Gasteiger partial charge >= 0.3 is 6.03 Å². The van der Waals surface area contributed by atoms with Crippen LogP contribution < -0.4 is 21.0 Å². The highest BCUT2D eigenvalue weighted by Gasteiger charge is 2.18. The molecule has 9 nitrogen and oxygen atoms in total. The molecule has 0 atom stereocenters. The van der Waals surface area contributed by atoms with Gasteiger partial charge in [0.2, 0.25) is 0 Å². The van der Waals surface area contributed by atoms with Gasteiger partial charge < -0.3 is 10.2 Å². The maximum Gasteiger partial charge on any atom is 0.324 e. The van der Waals surface area contributed by atoms with E-state index in [1.54, 1.807) is 24.3 Å². The minimum absolute atomic E-state index is 0.0222. The van der Waals surface area contributed by atoms with Crippen LogP contribution in [0.25, 0.3) is 0 Å². The number of hydrogen-bond acceptors (Lipinski definition) is 7. The van der Waals surface area contributed by atoms with Crippen molar-refractivity contribution in [3.05, 3.63) is 64.3 Å². The topological polar surface area (TPSA) is 112 Å². The summed E-state index contributed by atoms with van der Waals surface area (Å²) in [4.78, 5) is 26.5. The number of amides is 3. The first-order valence-corrected chi connectivity index (χ1v) is 10.3. The van der Waals surface area contributed by atoms with Gasteiger partial charge in [0, 0.05) is 41.5 Å². The standard InChI is InChI=1S/C19H18BrN7O2S/c1-27(2)15-9-3-12(4-10-15)11-21-25-17(28)16-18(30-26-24-16)23-19(29)22-14-7-5-13(20)6-8-14/h3-11H,1-2H3,(H,25,28)(H2,22,23,29)/b21-11-. The van der Waals surface area contributed by atoms with E-state index in [-0.39, 0.29) is 10.7 Å². The molecule has 3 rings (SSSR count). The second-order valence-corrected chi connectivity index (χ2v) is 7.89. The van der Waals surface area contributed by atoms with E-state index < -0.39 is 11.9 Å². The largest absolute Gasteiger partial charge is 0.378 e. The predicted octanol–water partition coefficient (Wildman–Crippen LogP) is 3.77. The van der Waals surface area contributed by atoms with Gasteiger partial charge in [0.05, 0.1) is 6.21 Å². The van der Waals surface area contributed by atoms with Crippen LogP contribution in [0.15, 0.2) is 58.1 Å². The monoisotopic (exact) mass is 487 g/mol. The Morgan fingerprint density at radius 2 is 1.77 bits per heavy atom. The van der Waals surface area contributed by atoms with Crippen molar-refractivity contribution in [1.82, 2.24) is 15.0 Å². The Morgan fingerprint density at radius 3 is 2.43 bits per heavy atom. The molecule has 1 heterocycles. The average Bonchev–Trinajstić information content (AvgIpc) is 3.18. The van der Waals surface area contributed by atoms with Gasteiger partial charge in [-0.2, -0.15) is 5.10 Å². The molecule has 30 heavy (non-hydrogen) atoms. The van der Waals surface area contributed by atoms with E-state index in [1.807, 2.05) is 43.3 Å². The molecular formula is C19H18BrN7O2S. The second kappa shape index (κ2) is 9.94. The van der Waals surface area contributed by atoms with Gasteiger partial charge in [-0.3, -0.25) is 10.1 Å². The lowest BCUT2D eigenvalue weighted by Gasteiger charge is -2.11. The Bertz CT molecular complexity index is 1050. The highest BCUT2D eigenvalue weighted by Crippen LogP contribution is 2.19. The number of anilines is 3. The molecule has 0 saturated carbocycles. The predicted molar refractivity (Wildman–Crippen MR) is 123 cm³/mol. The van der Waals surface area contributed by atoms with Crippen LogP contribution in [-0.2, 0) is 0 Å². The van der Waals surface area contributed by atoms with Crippen LogP contribution in [0.5, 0.6) is 0 Å². The summed E-state index contributed by atoms with van der Waals surface area (Å²) in [5.74, 6) is -0.580. The zero-order chi connectivity index (χ0) is 21.5. The van der Waals surface area contributed by atoms with E-state index in [0.29, 0.717) is 5.69 Å². The van der Waals surface area contributed by atoms with Crippen LogP contribution in [0.3, 0.4) is 0 Å². The third-order valence-corrected chi connectivity index (χ3v) is 4.99. The highest BCUT2D eigenvalue weighted by atomic mass is 79.9. The Kier molecular flexibility index (Phi) is 7.09. The average molecular weight is 488 g/mol. The number of hydrogen-bond donors (Lipinski definition) is 3. The van der Waals surface area contributed by atoms with E-state index in [9.17, 15) is 9.59 Å². The first-order valence-electron chi connectivity index (χ1n) is 8.69. The van der Waals surface area contributed by atoms with Gasteiger partial charge in [-0.1, -0.05) is 32.6 Å². The quantitative estimate of drug-likeness (QED) is 0.361. The van der Waals surface area contributed by atoms with Crippen LogP contribution in [0.1, 0.15) is 16.1 Å². The van der Waals surface area contributed by atoms with Crippen molar-refractivity contribution < 1.29 is 9.59 Å². The molecule has 3 aromatic rings. The fraction of sp³-hybridized carbons (Fsp3) is 0.105. The number of benzene rings is 2. The first-order chi connectivity index (χ1) is 14.4. The molecular weight excluding hydrogens is 470 g/mol. The third-order valence-electron chi connectivity index (χ3n) is 3.82. The second-order valence-electron chi connectivity index (χ2n) is 6.22. The Morgan fingerprint density at radius 1 is 1.07 bits per heavy atom. The Labute approximate surface area is 185 Å². The molecule has 3 N–H and O–H groups in total. The number of carbonyl (C=O) groups is 2. The van der Waals surface area contributed by atoms with E-state index in [4.69, 9.17) is 0 Å². The Hall–Kier alpha value is -3.31. The normalized spacial score (nSPS) is 10.6. The maximum atomic E-state index is 12.3. The molecule has 0 fully saturated rings. The van der Waals surface area contributed by atoms with Gasteiger partial charge in [0.15, 0.2) is 10.7 Å². The number of rotatable bonds is 6. The molecule has 154 valence electrons. The van der Waals surface area contributed by atoms with E-state index in [0.717, 1.165) is 27.3 Å². The molecule has 0 aliphatic heterocycles. The summed E-state index contributed by atoms with van der Waals surface area (Å²) >= 11 is 4.22. The lowest BCUT2D eigenvalue weighted by molar-refractivity contribution is 0.0951. The summed E-state index contributed by atoms with van der Waals surface area (Å²) in [6.07, 6.45) is 1.52. The molecule has 3 amide bonds. The summed E-state index contributed by atoms with van der Waals surface area (Å²) < 4.78 is 4.63. The van der Waals surface area contributed by atoms with Gasteiger partial charge in [0.25, 0.3) is 5.91 Å². The molecule has 2 aromatic carbocycles. The van der Waals surface area contributed by atoms with Crippen LogP contribution in [-0.4, -0.2) is 41.8 Å². The molecule has 0 unspecified atom stereocenters. The van der Waals surface area contributed by atoms with Crippen LogP contribution >= 0.6 is 27.5 Å². The van der Waals surface area contributed by atoms with E-state index in [1.165, 1.54) is 6.21 Å². The van der Waals surface area contributed by atoms with Crippen molar-refractivity contribution in [2.45, 2.75) is 0 Å². The fourth-order valence-corrected chi connectivity index (χ4v) is 3.12. The smallest absolute Gasteiger partial charge is 0.324 e. The number of halogens is 1. The van der Waals surface area contributed by atoms with Crippen molar-refractivity contribution in [2.75, 3.05) is 29.6 Å². The number of carbonyl (C=O) groups excluding carboxylic acids is 2. The number of nitrogens with one attached hydrogen (secondary N) is 3. The summed E-state index contributed by atoms with van der Waals surface area (Å²) in [5, 5.41) is 13.2. The number of hydrazone groups is 1. The molecule has 11 heteroatoms. The minimum atomic E-state index is -0.580. The van der Waals surface area contributed by atoms with Crippen LogP contribution in [0.4, 0.5) is 21.2 Å². The van der Waals surface area contributed by atoms with Crippen molar-refractivity contribution in [3.8, 4) is 0 Å². The fourth-order valence-electron chi connectivity index (χ4n) is 2.30. The van der Waals surface area contributed by atoms with Gasteiger partial charge in [-0.25, -0.2) is 10.2 Å². The van der Waals surface area contributed by atoms with Crippen LogP contribution in [0.2, 0.25) is 0 Å². The lowest BCUT2D eigenvalue weighted by atomic mass is 10.2. The molecule has 0 aliphatic rings. The molecule has 1 aromatic heterocycles. The van der Waals surface area contributed by atoms with Gasteiger partial charge in [-0.05, 0) is 42.0 Å². The zero-order valence-corrected chi connectivity index (χ0v) is 18.5. The van der Waals surface area contributed by atoms with Gasteiger partial charge in [0.1, 0.15) is 0 Å². The minimum Gasteiger partial charge on any atom is -0.378 e. The summed E-state index contributed by atoms with van der Waals surface area (Å²) in [7, 11) is 3.91. The number of aromatic nitrogens is 2. The highest BCUT2D eigenvalue weighted by molar-refractivity contribution is 9.10. The lowest BCUT2D eigenvalue weighted by Crippen LogP contribution is -2.23. The summed E-state index contributed by atoms with van der Waals surface area (Å²) in [6.45, 7) is 0. The van der Waals surface area contributed by atoms with E-state index in [2.05, 4.69) is 46.7 Å². The molecule has 0 bridgehead atoms. The molecule has 0 spiro atoms.